The Morgan fingerprint density at radius 3 is 2.69 bits per heavy atom. The first-order valence-electron chi connectivity index (χ1n) is 8.54. The number of nitrogens with two attached hydrogens (primary N) is 1. The highest BCUT2D eigenvalue weighted by atomic mass is 32.1. The Hall–Kier alpha value is -3.86. The van der Waals surface area contributed by atoms with Crippen molar-refractivity contribution in [2.45, 2.75) is 13.8 Å². The zero-order chi connectivity index (χ0) is 20.4. The lowest BCUT2D eigenvalue weighted by Gasteiger charge is -2.04. The van der Waals surface area contributed by atoms with Crippen LogP contribution in [-0.2, 0) is 0 Å². The molecule has 0 fully saturated rings. The normalized spacial score (nSPS) is 11.6. The van der Waals surface area contributed by atoms with Gasteiger partial charge in [-0.2, -0.15) is 9.78 Å². The van der Waals surface area contributed by atoms with Crippen LogP contribution in [0.1, 0.15) is 28.5 Å². The summed E-state index contributed by atoms with van der Waals surface area (Å²) in [4.78, 5) is 13.5. The van der Waals surface area contributed by atoms with Crippen LogP contribution in [0.3, 0.4) is 0 Å². The molecule has 0 saturated heterocycles. The SMILES string of the molecule is CC(=NNC(=O)c1nnn(-c2nonc2N)c1-c1cccs1)c1ccc(C)cc1. The monoisotopic (exact) mass is 408 g/mol. The first-order chi connectivity index (χ1) is 14.0. The fourth-order valence-corrected chi connectivity index (χ4v) is 3.36. The molecule has 0 spiro atoms. The van der Waals surface area contributed by atoms with Crippen LogP contribution in [0.15, 0.2) is 51.5 Å². The lowest BCUT2D eigenvalue weighted by molar-refractivity contribution is 0.0950. The van der Waals surface area contributed by atoms with Gasteiger partial charge in [-0.25, -0.2) is 10.1 Å². The number of nitrogen functional groups attached to an aromatic ring is 1. The summed E-state index contributed by atoms with van der Waals surface area (Å²) in [5.74, 6) is -0.326. The molecule has 3 N–H and O–H groups in total. The molecule has 10 nitrogen and oxygen atoms in total. The van der Waals surface area contributed by atoms with Gasteiger partial charge in [-0.05, 0) is 41.2 Å². The number of amides is 1. The molecular weight excluding hydrogens is 392 g/mol. The number of hydrogen-bond donors (Lipinski definition) is 2. The average Bonchev–Trinajstić information content (AvgIpc) is 3.46. The van der Waals surface area contributed by atoms with Gasteiger partial charge in [0.2, 0.25) is 11.6 Å². The first-order valence-corrected chi connectivity index (χ1v) is 9.42. The molecule has 0 bridgehead atoms. The molecule has 0 aliphatic rings. The molecule has 0 radical (unpaired) electrons. The number of aryl methyl sites for hydroxylation is 1. The zero-order valence-electron chi connectivity index (χ0n) is 15.5. The Balaban J connectivity index is 1.67. The fourth-order valence-electron chi connectivity index (χ4n) is 2.60. The average molecular weight is 408 g/mol. The van der Waals surface area contributed by atoms with E-state index in [1.165, 1.54) is 16.0 Å². The minimum absolute atomic E-state index is 0.0351. The molecule has 0 aliphatic heterocycles. The van der Waals surface area contributed by atoms with Crippen LogP contribution in [0.2, 0.25) is 0 Å². The van der Waals surface area contributed by atoms with Crippen LogP contribution in [-0.4, -0.2) is 36.9 Å². The number of thiophene rings is 1. The molecule has 11 heteroatoms. The molecule has 3 aromatic heterocycles. The van der Waals surface area contributed by atoms with Gasteiger partial charge in [-0.3, -0.25) is 4.79 Å². The third-order valence-corrected chi connectivity index (χ3v) is 5.01. The molecular formula is C18H16N8O2S. The molecule has 1 amide bonds. The van der Waals surface area contributed by atoms with Crippen molar-refractivity contribution in [3.05, 3.63) is 58.6 Å². The van der Waals surface area contributed by atoms with Crippen molar-refractivity contribution in [1.29, 1.82) is 0 Å². The summed E-state index contributed by atoms with van der Waals surface area (Å²) in [6.07, 6.45) is 0. The van der Waals surface area contributed by atoms with Crippen molar-refractivity contribution in [1.82, 2.24) is 30.7 Å². The number of nitrogens with zero attached hydrogens (tertiary/aromatic N) is 6. The molecule has 0 saturated carbocycles. The van der Waals surface area contributed by atoms with E-state index in [2.05, 4.69) is 35.8 Å². The van der Waals surface area contributed by atoms with Gasteiger partial charge in [0.25, 0.3) is 5.91 Å². The predicted molar refractivity (Wildman–Crippen MR) is 108 cm³/mol. The molecule has 0 aliphatic carbocycles. The number of hydrazone groups is 1. The van der Waals surface area contributed by atoms with Crippen LogP contribution in [0, 0.1) is 6.92 Å². The Kier molecular flexibility index (Phi) is 4.87. The van der Waals surface area contributed by atoms with Crippen LogP contribution in [0.25, 0.3) is 16.4 Å². The summed E-state index contributed by atoms with van der Waals surface area (Å²) in [5.41, 5.74) is 11.5. The minimum atomic E-state index is -0.513. The van der Waals surface area contributed by atoms with Gasteiger partial charge < -0.3 is 5.73 Å². The van der Waals surface area contributed by atoms with Gasteiger partial charge in [0, 0.05) is 0 Å². The topological polar surface area (TPSA) is 137 Å². The third kappa shape index (κ3) is 3.62. The van der Waals surface area contributed by atoms with E-state index < -0.39 is 5.91 Å². The summed E-state index contributed by atoms with van der Waals surface area (Å²) in [6.45, 7) is 3.81. The van der Waals surface area contributed by atoms with Crippen molar-refractivity contribution in [2.24, 2.45) is 5.10 Å². The zero-order valence-corrected chi connectivity index (χ0v) is 16.3. The van der Waals surface area contributed by atoms with Gasteiger partial charge in [0.05, 0.1) is 10.6 Å². The van der Waals surface area contributed by atoms with Crippen molar-refractivity contribution < 1.29 is 9.42 Å². The summed E-state index contributed by atoms with van der Waals surface area (Å²) < 4.78 is 5.97. The highest BCUT2D eigenvalue weighted by molar-refractivity contribution is 7.13. The Morgan fingerprint density at radius 1 is 1.24 bits per heavy atom. The quantitative estimate of drug-likeness (QED) is 0.382. The number of benzene rings is 1. The molecule has 3 heterocycles. The molecule has 0 unspecified atom stereocenters. The van der Waals surface area contributed by atoms with E-state index in [0.29, 0.717) is 11.4 Å². The first kappa shape index (κ1) is 18.5. The van der Waals surface area contributed by atoms with E-state index in [9.17, 15) is 4.79 Å². The van der Waals surface area contributed by atoms with Crippen LogP contribution < -0.4 is 11.2 Å². The number of nitrogens with one attached hydrogen (secondary N) is 1. The molecule has 1 aromatic carbocycles. The van der Waals surface area contributed by atoms with E-state index in [1.54, 1.807) is 0 Å². The molecule has 0 atom stereocenters. The van der Waals surface area contributed by atoms with E-state index >= 15 is 0 Å². The van der Waals surface area contributed by atoms with Crippen molar-refractivity contribution in [2.75, 3.05) is 5.73 Å². The van der Waals surface area contributed by atoms with Gasteiger partial charge in [0.1, 0.15) is 5.69 Å². The van der Waals surface area contributed by atoms with Crippen molar-refractivity contribution in [3.8, 4) is 16.4 Å². The lowest BCUT2D eigenvalue weighted by atomic mass is 10.1. The van der Waals surface area contributed by atoms with Crippen LogP contribution in [0.4, 0.5) is 5.82 Å². The van der Waals surface area contributed by atoms with Gasteiger partial charge in [-0.15, -0.1) is 16.4 Å². The van der Waals surface area contributed by atoms with E-state index in [4.69, 9.17) is 5.73 Å². The van der Waals surface area contributed by atoms with Crippen molar-refractivity contribution in [3.63, 3.8) is 0 Å². The second kappa shape index (κ2) is 7.64. The molecule has 4 rings (SSSR count). The number of aromatic nitrogens is 5. The van der Waals surface area contributed by atoms with E-state index in [1.807, 2.05) is 55.6 Å². The maximum absolute atomic E-state index is 12.8. The highest BCUT2D eigenvalue weighted by Gasteiger charge is 2.25. The maximum atomic E-state index is 12.8. The summed E-state index contributed by atoms with van der Waals surface area (Å²) >= 11 is 1.42. The van der Waals surface area contributed by atoms with E-state index in [-0.39, 0.29) is 17.3 Å². The highest BCUT2D eigenvalue weighted by Crippen LogP contribution is 2.29. The predicted octanol–water partition coefficient (Wildman–Crippen LogP) is 2.42. The standard InChI is InChI=1S/C18H16N8O2S/c1-10-5-7-12(8-6-10)11(2)20-22-18(27)14-15(13-4-3-9-29-13)26(25-21-14)17-16(19)23-28-24-17/h3-9H,1-2H3,(H2,19,23)(H,22,27). The number of carbonyl (C=O) groups excluding carboxylic acids is 1. The largest absolute Gasteiger partial charge is 0.378 e. The molecule has 4 aromatic rings. The van der Waals surface area contributed by atoms with Gasteiger partial charge in [-0.1, -0.05) is 41.1 Å². The number of anilines is 1. The molecule has 29 heavy (non-hydrogen) atoms. The Labute approximate surface area is 169 Å². The fraction of sp³-hybridized carbons (Fsp3) is 0.111. The van der Waals surface area contributed by atoms with Gasteiger partial charge in [0.15, 0.2) is 5.69 Å². The van der Waals surface area contributed by atoms with Gasteiger partial charge >= 0.3 is 0 Å². The lowest BCUT2D eigenvalue weighted by Crippen LogP contribution is -2.20. The Morgan fingerprint density at radius 2 is 2.03 bits per heavy atom. The second-order valence-electron chi connectivity index (χ2n) is 6.15. The smallest absolute Gasteiger partial charge is 0.294 e. The molecule has 146 valence electrons. The second-order valence-corrected chi connectivity index (χ2v) is 7.10. The van der Waals surface area contributed by atoms with Crippen LogP contribution in [0.5, 0.6) is 0 Å². The number of hydrogen-bond acceptors (Lipinski definition) is 9. The summed E-state index contributed by atoms with van der Waals surface area (Å²) in [7, 11) is 0. The van der Waals surface area contributed by atoms with Crippen molar-refractivity contribution >= 4 is 28.8 Å². The maximum Gasteiger partial charge on any atom is 0.294 e. The summed E-state index contributed by atoms with van der Waals surface area (Å²) in [5, 5.41) is 21.4. The minimum Gasteiger partial charge on any atom is -0.378 e. The van der Waals surface area contributed by atoms with E-state index in [0.717, 1.165) is 16.0 Å². The number of carbonyl (C=O) groups is 1. The summed E-state index contributed by atoms with van der Waals surface area (Å²) in [6, 6.07) is 11.5. The number of rotatable bonds is 5. The van der Waals surface area contributed by atoms with Crippen LogP contribution >= 0.6 is 11.3 Å². The Bertz CT molecular complexity index is 1180. The third-order valence-electron chi connectivity index (χ3n) is 4.13.